The number of rotatable bonds is 4. The van der Waals surface area contributed by atoms with Crippen molar-refractivity contribution in [2.24, 2.45) is 0 Å². The van der Waals surface area contributed by atoms with Gasteiger partial charge in [0.25, 0.3) is 0 Å². The van der Waals surface area contributed by atoms with Crippen LogP contribution in [0.2, 0.25) is 0 Å². The zero-order valence-corrected chi connectivity index (χ0v) is 25.8. The van der Waals surface area contributed by atoms with Gasteiger partial charge in [-0.15, -0.1) is 11.3 Å². The third kappa shape index (κ3) is 3.46. The lowest BCUT2D eigenvalue weighted by Gasteiger charge is -2.29. The van der Waals surface area contributed by atoms with E-state index in [1.165, 1.54) is 31.3 Å². The minimum Gasteiger partial charge on any atom is -0.453 e. The predicted molar refractivity (Wildman–Crippen MR) is 194 cm³/mol. The van der Waals surface area contributed by atoms with Crippen LogP contribution in [0.25, 0.3) is 58.8 Å². The third-order valence-electron chi connectivity index (χ3n) is 9.53. The number of fused-ring (bicyclic) bond motifs is 4. The van der Waals surface area contributed by atoms with Gasteiger partial charge < -0.3 is 14.4 Å². The molecule has 7 aromatic carbocycles. The smallest absolute Gasteiger partial charge is 0.155 e. The topological polar surface area (TPSA) is 26.6 Å². The fraction of sp³-hybridized carbons (Fsp3) is 0. The van der Waals surface area contributed by atoms with E-state index in [4.69, 9.17) is 9.47 Å². The zero-order chi connectivity index (χ0) is 30.6. The Bertz CT molecular complexity index is 2740. The molecule has 0 amide bonds. The molecule has 0 spiro atoms. The molecular formula is C42H24N2O2S. The van der Waals surface area contributed by atoms with Crippen molar-refractivity contribution in [2.75, 3.05) is 4.90 Å². The number of benzene rings is 7. The monoisotopic (exact) mass is 620 g/mol. The largest absolute Gasteiger partial charge is 0.453 e. The maximum atomic E-state index is 6.59. The fourth-order valence-electron chi connectivity index (χ4n) is 7.55. The molecule has 47 heavy (non-hydrogen) atoms. The van der Waals surface area contributed by atoms with E-state index >= 15 is 0 Å². The fourth-order valence-corrected chi connectivity index (χ4v) is 8.64. The Morgan fingerprint density at radius 1 is 0.468 bits per heavy atom. The highest BCUT2D eigenvalue weighted by atomic mass is 32.1. The van der Waals surface area contributed by atoms with Crippen LogP contribution in [0.5, 0.6) is 23.0 Å². The third-order valence-corrected chi connectivity index (χ3v) is 10.7. The van der Waals surface area contributed by atoms with Crippen molar-refractivity contribution in [1.82, 2.24) is 4.57 Å². The second-order valence-corrected chi connectivity index (χ2v) is 13.2. The molecule has 2 aliphatic heterocycles. The second kappa shape index (κ2) is 9.25. The molecule has 0 aliphatic carbocycles. The van der Waals surface area contributed by atoms with Crippen molar-refractivity contribution in [1.29, 1.82) is 0 Å². The number of hydrogen-bond acceptors (Lipinski definition) is 4. The van der Waals surface area contributed by atoms with E-state index in [-0.39, 0.29) is 0 Å². The number of hydrogen-bond donors (Lipinski definition) is 0. The second-order valence-electron chi connectivity index (χ2n) is 12.1. The number of para-hydroxylation sites is 2. The Morgan fingerprint density at radius 3 is 2.04 bits per heavy atom. The predicted octanol–water partition coefficient (Wildman–Crippen LogP) is 12.5. The summed E-state index contributed by atoms with van der Waals surface area (Å²) in [5.41, 5.74) is 8.70. The lowest BCUT2D eigenvalue weighted by Crippen LogP contribution is -2.12. The van der Waals surface area contributed by atoms with Crippen LogP contribution in [0.3, 0.4) is 0 Å². The van der Waals surface area contributed by atoms with Gasteiger partial charge in [0, 0.05) is 42.3 Å². The Balaban J connectivity index is 1.24. The minimum absolute atomic E-state index is 0.804. The van der Waals surface area contributed by atoms with Gasteiger partial charge in [0.2, 0.25) is 0 Å². The van der Waals surface area contributed by atoms with Gasteiger partial charge in [0.05, 0.1) is 16.7 Å². The number of thiophene rings is 1. The molecule has 4 nitrogen and oxygen atoms in total. The summed E-state index contributed by atoms with van der Waals surface area (Å²) in [6.45, 7) is 0. The van der Waals surface area contributed by atoms with Gasteiger partial charge in [-0.1, -0.05) is 78.9 Å². The first-order valence-corrected chi connectivity index (χ1v) is 16.6. The first-order valence-electron chi connectivity index (χ1n) is 15.8. The van der Waals surface area contributed by atoms with E-state index in [0.717, 1.165) is 67.6 Å². The van der Waals surface area contributed by atoms with Gasteiger partial charge in [-0.05, 0) is 77.9 Å². The van der Waals surface area contributed by atoms with E-state index in [0.29, 0.717) is 0 Å². The molecule has 0 saturated heterocycles. The van der Waals surface area contributed by atoms with Crippen LogP contribution in [0.15, 0.2) is 146 Å². The highest BCUT2D eigenvalue weighted by Crippen LogP contribution is 2.56. The van der Waals surface area contributed by atoms with Crippen LogP contribution in [0.4, 0.5) is 17.1 Å². The molecule has 0 fully saturated rings. The average Bonchev–Trinajstić information content (AvgIpc) is 3.68. The van der Waals surface area contributed by atoms with E-state index in [1.54, 1.807) is 0 Å². The standard InChI is InChI=1S/C42H24N2O2S/c1-2-9-25(10-3-1)26-11-6-12-27(23-26)43(28-19-22-38-31(24-28)29-13-4-5-18-37(29)47-38)32-20-21-36-42-39(32)30-14-7-15-33-40(30)44(42)41-34(45-33)16-8-17-35(41)46-36/h1-24H. The molecule has 0 atom stereocenters. The minimum atomic E-state index is 0.804. The summed E-state index contributed by atoms with van der Waals surface area (Å²) >= 11 is 1.84. The number of nitrogens with zero attached hydrogens (tertiary/aromatic N) is 2. The molecule has 5 heteroatoms. The van der Waals surface area contributed by atoms with Crippen molar-refractivity contribution < 1.29 is 9.47 Å². The van der Waals surface area contributed by atoms with E-state index in [2.05, 4.69) is 137 Å². The molecule has 0 bridgehead atoms. The zero-order valence-electron chi connectivity index (χ0n) is 25.0. The van der Waals surface area contributed by atoms with E-state index in [1.807, 2.05) is 29.5 Å². The Kier molecular flexibility index (Phi) is 4.96. The molecule has 9 aromatic rings. The van der Waals surface area contributed by atoms with Crippen molar-refractivity contribution >= 4 is 70.4 Å². The van der Waals surface area contributed by atoms with E-state index in [9.17, 15) is 0 Å². The Labute approximate surface area is 273 Å². The van der Waals surface area contributed by atoms with Gasteiger partial charge in [-0.2, -0.15) is 0 Å². The quantitative estimate of drug-likeness (QED) is 0.196. The normalized spacial score (nSPS) is 12.6. The highest BCUT2D eigenvalue weighted by Gasteiger charge is 2.33. The maximum absolute atomic E-state index is 6.59. The first-order chi connectivity index (χ1) is 23.3. The molecule has 220 valence electrons. The van der Waals surface area contributed by atoms with Gasteiger partial charge in [0.1, 0.15) is 5.69 Å². The summed E-state index contributed by atoms with van der Waals surface area (Å²) in [6, 6.07) is 51.8. The molecule has 0 radical (unpaired) electrons. The summed E-state index contributed by atoms with van der Waals surface area (Å²) < 4.78 is 18.0. The van der Waals surface area contributed by atoms with Gasteiger partial charge in [-0.25, -0.2) is 0 Å². The van der Waals surface area contributed by atoms with Crippen LogP contribution < -0.4 is 14.4 Å². The highest BCUT2D eigenvalue weighted by molar-refractivity contribution is 7.25. The van der Waals surface area contributed by atoms with Crippen LogP contribution in [-0.4, -0.2) is 4.57 Å². The molecule has 4 heterocycles. The van der Waals surface area contributed by atoms with E-state index < -0.39 is 0 Å². The molecule has 0 saturated carbocycles. The summed E-state index contributed by atoms with van der Waals surface area (Å²) in [5, 5.41) is 4.81. The van der Waals surface area contributed by atoms with Gasteiger partial charge >= 0.3 is 0 Å². The van der Waals surface area contributed by atoms with Crippen LogP contribution in [-0.2, 0) is 0 Å². The summed E-state index contributed by atoms with van der Waals surface area (Å²) in [5.74, 6) is 3.30. The Morgan fingerprint density at radius 2 is 1.15 bits per heavy atom. The first kappa shape index (κ1) is 25.2. The Hall–Kier alpha value is -6.04. The van der Waals surface area contributed by atoms with Gasteiger partial charge in [0.15, 0.2) is 23.0 Å². The summed E-state index contributed by atoms with van der Waals surface area (Å²) in [7, 11) is 0. The van der Waals surface area contributed by atoms with Crippen LogP contribution in [0.1, 0.15) is 0 Å². The average molecular weight is 621 g/mol. The maximum Gasteiger partial charge on any atom is 0.155 e. The molecule has 11 rings (SSSR count). The van der Waals surface area contributed by atoms with Crippen molar-refractivity contribution in [3.05, 3.63) is 146 Å². The molecule has 0 unspecified atom stereocenters. The molecule has 2 aromatic heterocycles. The number of anilines is 3. The van der Waals surface area contributed by atoms with Gasteiger partial charge in [-0.3, -0.25) is 4.57 Å². The number of aromatic nitrogens is 1. The SMILES string of the molecule is c1ccc(-c2cccc(N(c3ccc4sc5ccccc5c4c3)c3ccc4c5c3c3cccc6c3n5-c3c(cccc3O4)O6)c2)cc1. The van der Waals surface area contributed by atoms with Crippen molar-refractivity contribution in [3.63, 3.8) is 0 Å². The van der Waals surface area contributed by atoms with Crippen molar-refractivity contribution in [3.8, 4) is 39.8 Å². The molecule has 0 N–H and O–H groups in total. The van der Waals surface area contributed by atoms with Crippen molar-refractivity contribution in [2.45, 2.75) is 0 Å². The molecule has 2 aliphatic rings. The molecular weight excluding hydrogens is 597 g/mol. The summed E-state index contributed by atoms with van der Waals surface area (Å²) in [4.78, 5) is 2.41. The van der Waals surface area contributed by atoms with Crippen LogP contribution in [0, 0.1) is 0 Å². The summed E-state index contributed by atoms with van der Waals surface area (Å²) in [6.07, 6.45) is 0. The van der Waals surface area contributed by atoms with Crippen LogP contribution >= 0.6 is 11.3 Å². The number of ether oxygens (including phenoxy) is 2. The lowest BCUT2D eigenvalue weighted by atomic mass is 10.0. The lowest BCUT2D eigenvalue weighted by molar-refractivity contribution is 0.444.